The lowest BCUT2D eigenvalue weighted by molar-refractivity contribution is 0.460. The minimum absolute atomic E-state index is 0. The van der Waals surface area contributed by atoms with Crippen molar-refractivity contribution in [3.63, 3.8) is 0 Å². The van der Waals surface area contributed by atoms with Crippen LogP contribution in [-0.4, -0.2) is 46.2 Å². The summed E-state index contributed by atoms with van der Waals surface area (Å²) in [5.74, 6) is 2.44. The van der Waals surface area contributed by atoms with E-state index >= 15 is 0 Å². The van der Waals surface area contributed by atoms with Gasteiger partial charge in [0.05, 0.1) is 0 Å². The number of aliphatic imine (C=N–C) groups is 1. The molecular formula is C22H27IN6. The summed E-state index contributed by atoms with van der Waals surface area (Å²) in [7, 11) is 1.86. The molecule has 152 valence electrons. The van der Waals surface area contributed by atoms with Gasteiger partial charge in [-0.2, -0.15) is 5.10 Å². The molecule has 2 heterocycles. The number of guanidine groups is 1. The summed E-state index contributed by atoms with van der Waals surface area (Å²) in [6.45, 7) is 2.83. The molecule has 2 N–H and O–H groups in total. The van der Waals surface area contributed by atoms with E-state index in [1.807, 2.05) is 19.2 Å². The Morgan fingerprint density at radius 3 is 2.76 bits per heavy atom. The van der Waals surface area contributed by atoms with E-state index in [2.05, 4.69) is 72.9 Å². The first-order valence-electron chi connectivity index (χ1n) is 9.76. The van der Waals surface area contributed by atoms with Crippen molar-refractivity contribution in [3.8, 4) is 11.4 Å². The van der Waals surface area contributed by atoms with Crippen LogP contribution in [0.15, 0.2) is 65.9 Å². The molecule has 0 spiro atoms. The summed E-state index contributed by atoms with van der Waals surface area (Å²) in [6.07, 6.45) is 3.87. The molecule has 29 heavy (non-hydrogen) atoms. The van der Waals surface area contributed by atoms with Gasteiger partial charge in [0.1, 0.15) is 6.33 Å². The molecule has 1 fully saturated rings. The largest absolute Gasteiger partial charge is 0.352 e. The Hall–Kier alpha value is -2.42. The van der Waals surface area contributed by atoms with Crippen molar-refractivity contribution in [1.29, 1.82) is 0 Å². The SMILES string of the molecule is CN=C(NCc1cccc(-c2ncn[nH]2)c1)N1CCC(Cc2ccccc2)C1.I. The van der Waals surface area contributed by atoms with Crippen molar-refractivity contribution < 1.29 is 0 Å². The van der Waals surface area contributed by atoms with E-state index in [1.54, 1.807) is 0 Å². The molecule has 2 aromatic carbocycles. The van der Waals surface area contributed by atoms with Gasteiger partial charge in [-0.25, -0.2) is 4.98 Å². The molecule has 1 atom stereocenters. The summed E-state index contributed by atoms with van der Waals surface area (Å²) in [6, 6.07) is 19.1. The first-order valence-corrected chi connectivity index (χ1v) is 9.76. The van der Waals surface area contributed by atoms with E-state index in [1.165, 1.54) is 23.9 Å². The van der Waals surface area contributed by atoms with E-state index in [0.29, 0.717) is 5.92 Å². The van der Waals surface area contributed by atoms with E-state index < -0.39 is 0 Å². The van der Waals surface area contributed by atoms with Crippen molar-refractivity contribution in [2.75, 3.05) is 20.1 Å². The van der Waals surface area contributed by atoms with Crippen LogP contribution < -0.4 is 5.32 Å². The highest BCUT2D eigenvalue weighted by atomic mass is 127. The molecule has 1 saturated heterocycles. The van der Waals surface area contributed by atoms with Crippen LogP contribution in [0.5, 0.6) is 0 Å². The lowest BCUT2D eigenvalue weighted by Gasteiger charge is -2.22. The smallest absolute Gasteiger partial charge is 0.193 e. The van der Waals surface area contributed by atoms with Crippen LogP contribution >= 0.6 is 24.0 Å². The summed E-state index contributed by atoms with van der Waals surface area (Å²) in [5, 5.41) is 10.4. The average Bonchev–Trinajstić information content (AvgIpc) is 3.42. The predicted molar refractivity (Wildman–Crippen MR) is 127 cm³/mol. The third-order valence-corrected chi connectivity index (χ3v) is 5.23. The summed E-state index contributed by atoms with van der Waals surface area (Å²) < 4.78 is 0. The molecule has 6 nitrogen and oxygen atoms in total. The van der Waals surface area contributed by atoms with Crippen LogP contribution in [0, 0.1) is 5.92 Å². The van der Waals surface area contributed by atoms with Crippen LogP contribution in [0.25, 0.3) is 11.4 Å². The van der Waals surface area contributed by atoms with E-state index in [-0.39, 0.29) is 24.0 Å². The van der Waals surface area contributed by atoms with Gasteiger partial charge in [-0.1, -0.05) is 48.5 Å². The number of H-pyrrole nitrogens is 1. The highest BCUT2D eigenvalue weighted by molar-refractivity contribution is 14.0. The second-order valence-corrected chi connectivity index (χ2v) is 7.23. The maximum Gasteiger partial charge on any atom is 0.193 e. The van der Waals surface area contributed by atoms with Gasteiger partial charge < -0.3 is 10.2 Å². The number of hydrogen-bond acceptors (Lipinski definition) is 3. The van der Waals surface area contributed by atoms with Gasteiger partial charge in [-0.05, 0) is 36.0 Å². The van der Waals surface area contributed by atoms with Crippen LogP contribution in [0.2, 0.25) is 0 Å². The van der Waals surface area contributed by atoms with E-state index in [4.69, 9.17) is 0 Å². The maximum absolute atomic E-state index is 4.50. The zero-order valence-electron chi connectivity index (χ0n) is 16.6. The Bertz CT molecular complexity index is 910. The standard InChI is InChI=1S/C22H26N6.HI/c1-23-22(28-11-10-19(15-28)12-17-6-3-2-4-7-17)24-14-18-8-5-9-20(13-18)21-25-16-26-27-21;/h2-9,13,16,19H,10-12,14-15H2,1H3,(H,23,24)(H,25,26,27);1H. The third kappa shape index (κ3) is 5.56. The number of halogens is 1. The van der Waals surface area contributed by atoms with Crippen LogP contribution in [0.1, 0.15) is 17.5 Å². The second kappa shape index (κ2) is 10.4. The van der Waals surface area contributed by atoms with Crippen molar-refractivity contribution >= 4 is 29.9 Å². The lowest BCUT2D eigenvalue weighted by atomic mass is 9.99. The number of aromatic amines is 1. The normalized spacial score (nSPS) is 16.5. The van der Waals surface area contributed by atoms with Gasteiger partial charge in [-0.15, -0.1) is 24.0 Å². The number of aromatic nitrogens is 3. The molecular weight excluding hydrogens is 475 g/mol. The van der Waals surface area contributed by atoms with Crippen molar-refractivity contribution in [2.24, 2.45) is 10.9 Å². The van der Waals surface area contributed by atoms with Crippen LogP contribution in [-0.2, 0) is 13.0 Å². The van der Waals surface area contributed by atoms with Gasteiger partial charge in [0.15, 0.2) is 11.8 Å². The molecule has 1 aromatic heterocycles. The van der Waals surface area contributed by atoms with Crippen LogP contribution in [0.3, 0.4) is 0 Å². The zero-order chi connectivity index (χ0) is 19.2. The van der Waals surface area contributed by atoms with E-state index in [9.17, 15) is 0 Å². The highest BCUT2D eigenvalue weighted by Gasteiger charge is 2.24. The van der Waals surface area contributed by atoms with Gasteiger partial charge >= 0.3 is 0 Å². The first-order chi connectivity index (χ1) is 13.8. The molecule has 1 unspecified atom stereocenters. The molecule has 0 bridgehead atoms. The van der Waals surface area contributed by atoms with Gasteiger partial charge in [0.25, 0.3) is 0 Å². The lowest BCUT2D eigenvalue weighted by Crippen LogP contribution is -2.39. The molecule has 1 aliphatic rings. The fourth-order valence-corrected chi connectivity index (χ4v) is 3.83. The first kappa shape index (κ1) is 21.3. The number of nitrogens with zero attached hydrogens (tertiary/aromatic N) is 4. The third-order valence-electron chi connectivity index (χ3n) is 5.23. The number of likely N-dealkylation sites (tertiary alicyclic amines) is 1. The summed E-state index contributed by atoms with van der Waals surface area (Å²) in [5.41, 5.74) is 3.65. The molecule has 3 aromatic rings. The molecule has 0 radical (unpaired) electrons. The molecule has 0 amide bonds. The maximum atomic E-state index is 4.50. The van der Waals surface area contributed by atoms with Crippen molar-refractivity contribution in [3.05, 3.63) is 72.1 Å². The number of rotatable bonds is 5. The average molecular weight is 502 g/mol. The molecule has 0 aliphatic carbocycles. The van der Waals surface area contributed by atoms with E-state index in [0.717, 1.165) is 43.4 Å². The highest BCUT2D eigenvalue weighted by Crippen LogP contribution is 2.21. The number of hydrogen-bond donors (Lipinski definition) is 2. The Morgan fingerprint density at radius 1 is 1.17 bits per heavy atom. The fraction of sp³-hybridized carbons (Fsp3) is 0.318. The Balaban J connectivity index is 0.00000240. The molecule has 1 aliphatic heterocycles. The molecule has 7 heteroatoms. The van der Waals surface area contributed by atoms with Gasteiger partial charge in [0, 0.05) is 32.2 Å². The minimum Gasteiger partial charge on any atom is -0.352 e. The Labute approximate surface area is 188 Å². The molecule has 0 saturated carbocycles. The molecule has 4 rings (SSSR count). The number of nitrogens with one attached hydrogen (secondary N) is 2. The summed E-state index contributed by atoms with van der Waals surface area (Å²) in [4.78, 5) is 11.1. The Morgan fingerprint density at radius 2 is 2.00 bits per heavy atom. The minimum atomic E-state index is 0. The van der Waals surface area contributed by atoms with Crippen molar-refractivity contribution in [2.45, 2.75) is 19.4 Å². The monoisotopic (exact) mass is 502 g/mol. The van der Waals surface area contributed by atoms with Gasteiger partial charge in [0.2, 0.25) is 0 Å². The van der Waals surface area contributed by atoms with Gasteiger partial charge in [-0.3, -0.25) is 10.1 Å². The summed E-state index contributed by atoms with van der Waals surface area (Å²) >= 11 is 0. The van der Waals surface area contributed by atoms with Crippen molar-refractivity contribution in [1.82, 2.24) is 25.4 Å². The zero-order valence-corrected chi connectivity index (χ0v) is 18.9. The second-order valence-electron chi connectivity index (χ2n) is 7.23. The topological polar surface area (TPSA) is 69.2 Å². The van der Waals surface area contributed by atoms with Crippen LogP contribution in [0.4, 0.5) is 0 Å². The predicted octanol–water partition coefficient (Wildman–Crippen LogP) is 3.73. The number of benzene rings is 2. The Kier molecular flexibility index (Phi) is 7.62. The quantitative estimate of drug-likeness (QED) is 0.317. The fourth-order valence-electron chi connectivity index (χ4n) is 3.83.